The van der Waals surface area contributed by atoms with Crippen LogP contribution in [0.4, 0.5) is 0 Å². The minimum atomic E-state index is -1.87. The molecule has 1 radical (unpaired) electrons. The van der Waals surface area contributed by atoms with Crippen LogP contribution in [0.2, 0.25) is 32.2 Å². The molecule has 0 bridgehead atoms. The number of hydrogen-bond donors (Lipinski definition) is 0. The van der Waals surface area contributed by atoms with E-state index in [1.54, 1.807) is 0 Å². The van der Waals surface area contributed by atoms with Crippen LogP contribution in [0, 0.1) is 5.41 Å². The second-order valence-corrected chi connectivity index (χ2v) is 13.5. The first kappa shape index (κ1) is 19.9. The molecule has 0 atom stereocenters. The standard InChI is InChI=1S/C14H28NO4Si2/c1-11(18-21(7,8)9)12(13(16)17-5)15-19-20(6)10-14(2,3)4/h1,10H2,2-9H3/b15-12+. The Morgan fingerprint density at radius 1 is 1.29 bits per heavy atom. The Bertz CT molecular complexity index is 408. The Kier molecular flexibility index (Phi) is 7.39. The largest absolute Gasteiger partial charge is 0.543 e. The number of oxime groups is 1. The number of carbonyl (C=O) groups is 1. The van der Waals surface area contributed by atoms with Gasteiger partial charge in [-0.2, -0.15) is 0 Å². The predicted molar refractivity (Wildman–Crippen MR) is 90.0 cm³/mol. The summed E-state index contributed by atoms with van der Waals surface area (Å²) in [5.41, 5.74) is 0.175. The van der Waals surface area contributed by atoms with E-state index in [9.17, 15) is 4.79 Å². The van der Waals surface area contributed by atoms with Gasteiger partial charge in [0.2, 0.25) is 14.0 Å². The topological polar surface area (TPSA) is 57.1 Å². The molecule has 0 aliphatic carbocycles. The molecule has 0 amide bonds. The SMILES string of the molecule is C=C(O[Si](C)(C)C)/C(=N\O[Si](C)CC(C)(C)C)C(=O)OC. The quantitative estimate of drug-likeness (QED) is 0.235. The van der Waals surface area contributed by atoms with Gasteiger partial charge in [0.15, 0.2) is 0 Å². The van der Waals surface area contributed by atoms with E-state index in [4.69, 9.17) is 13.7 Å². The van der Waals surface area contributed by atoms with Gasteiger partial charge in [-0.3, -0.25) is 0 Å². The number of rotatable bonds is 7. The minimum Gasteiger partial charge on any atom is -0.543 e. The Morgan fingerprint density at radius 2 is 1.81 bits per heavy atom. The first-order valence-electron chi connectivity index (χ1n) is 6.90. The predicted octanol–water partition coefficient (Wildman–Crippen LogP) is 3.56. The average molecular weight is 331 g/mol. The Morgan fingerprint density at radius 3 is 2.19 bits per heavy atom. The number of nitrogens with zero attached hydrogens (tertiary/aromatic N) is 1. The highest BCUT2D eigenvalue weighted by Crippen LogP contribution is 2.22. The summed E-state index contributed by atoms with van der Waals surface area (Å²) in [6.07, 6.45) is 0. The Balaban J connectivity index is 4.96. The molecule has 0 aromatic carbocycles. The summed E-state index contributed by atoms with van der Waals surface area (Å²) < 4.78 is 15.9. The van der Waals surface area contributed by atoms with Crippen molar-refractivity contribution in [1.29, 1.82) is 0 Å². The number of methoxy groups -OCH3 is 1. The van der Waals surface area contributed by atoms with Crippen LogP contribution in [0.3, 0.4) is 0 Å². The highest BCUT2D eigenvalue weighted by molar-refractivity contribution is 6.70. The summed E-state index contributed by atoms with van der Waals surface area (Å²) in [7, 11) is -1.71. The molecule has 0 aromatic heterocycles. The minimum absolute atomic E-state index is 0.0122. The Labute approximate surface area is 131 Å². The maximum Gasteiger partial charge on any atom is 0.363 e. The van der Waals surface area contributed by atoms with Gasteiger partial charge in [0.05, 0.1) is 7.11 Å². The smallest absolute Gasteiger partial charge is 0.363 e. The molecular weight excluding hydrogens is 302 g/mol. The molecule has 0 rings (SSSR count). The summed E-state index contributed by atoms with van der Waals surface area (Å²) in [5, 5.41) is 3.95. The zero-order valence-electron chi connectivity index (χ0n) is 14.5. The first-order chi connectivity index (χ1) is 9.35. The molecule has 0 aliphatic heterocycles. The van der Waals surface area contributed by atoms with Gasteiger partial charge in [-0.05, 0) is 37.6 Å². The molecular formula is C14H28NO4Si2. The van der Waals surface area contributed by atoms with E-state index in [-0.39, 0.29) is 16.9 Å². The summed E-state index contributed by atoms with van der Waals surface area (Å²) in [4.78, 5) is 11.8. The van der Waals surface area contributed by atoms with Gasteiger partial charge in [-0.1, -0.05) is 32.5 Å². The van der Waals surface area contributed by atoms with Crippen molar-refractivity contribution in [3.63, 3.8) is 0 Å². The van der Waals surface area contributed by atoms with E-state index in [0.717, 1.165) is 6.04 Å². The molecule has 0 fully saturated rings. The van der Waals surface area contributed by atoms with Gasteiger partial charge < -0.3 is 13.7 Å². The molecule has 0 aliphatic rings. The van der Waals surface area contributed by atoms with Crippen molar-refractivity contribution in [2.45, 2.75) is 53.0 Å². The number of hydrogen-bond acceptors (Lipinski definition) is 5. The number of carbonyl (C=O) groups excluding carboxylic acids is 1. The lowest BCUT2D eigenvalue weighted by Gasteiger charge is -2.22. The van der Waals surface area contributed by atoms with Gasteiger partial charge in [-0.15, -0.1) is 0 Å². The van der Waals surface area contributed by atoms with Crippen LogP contribution in [0.15, 0.2) is 17.5 Å². The lowest BCUT2D eigenvalue weighted by atomic mass is 10.0. The normalized spacial score (nSPS) is 13.1. The maximum absolute atomic E-state index is 11.8. The molecule has 0 heterocycles. The second-order valence-electron chi connectivity index (χ2n) is 7.10. The summed E-state index contributed by atoms with van der Waals surface area (Å²) in [5.74, 6) is -0.379. The third-order valence-corrected chi connectivity index (χ3v) is 4.96. The van der Waals surface area contributed by atoms with E-state index in [2.05, 4.69) is 32.5 Å². The monoisotopic (exact) mass is 330 g/mol. The molecule has 121 valence electrons. The van der Waals surface area contributed by atoms with Crippen molar-refractivity contribution >= 4 is 29.0 Å². The van der Waals surface area contributed by atoms with Gasteiger partial charge in [0, 0.05) is 0 Å². The van der Waals surface area contributed by atoms with Crippen LogP contribution in [-0.4, -0.2) is 36.1 Å². The molecule has 0 saturated heterocycles. The van der Waals surface area contributed by atoms with E-state index in [1.807, 2.05) is 26.2 Å². The van der Waals surface area contributed by atoms with E-state index in [0.29, 0.717) is 0 Å². The van der Waals surface area contributed by atoms with Gasteiger partial charge >= 0.3 is 15.0 Å². The lowest BCUT2D eigenvalue weighted by Crippen LogP contribution is -2.30. The van der Waals surface area contributed by atoms with E-state index >= 15 is 0 Å². The molecule has 0 spiro atoms. The van der Waals surface area contributed by atoms with Crippen molar-refractivity contribution in [3.8, 4) is 0 Å². The third-order valence-electron chi connectivity index (χ3n) is 2.14. The molecule has 0 unspecified atom stereocenters. The van der Waals surface area contributed by atoms with Crippen molar-refractivity contribution < 1.29 is 18.5 Å². The molecule has 21 heavy (non-hydrogen) atoms. The molecule has 0 N–H and O–H groups in total. The average Bonchev–Trinajstić information content (AvgIpc) is 2.23. The molecule has 0 saturated carbocycles. The van der Waals surface area contributed by atoms with Crippen molar-refractivity contribution in [1.82, 2.24) is 0 Å². The fraction of sp³-hybridized carbons (Fsp3) is 0.714. The van der Waals surface area contributed by atoms with Gasteiger partial charge in [0.25, 0.3) is 0 Å². The highest BCUT2D eigenvalue weighted by atomic mass is 28.4. The van der Waals surface area contributed by atoms with Crippen molar-refractivity contribution in [2.24, 2.45) is 10.6 Å². The van der Waals surface area contributed by atoms with Crippen molar-refractivity contribution in [2.75, 3.05) is 7.11 Å². The van der Waals surface area contributed by atoms with Crippen LogP contribution in [0.25, 0.3) is 0 Å². The van der Waals surface area contributed by atoms with Crippen LogP contribution < -0.4 is 0 Å². The summed E-state index contributed by atoms with van der Waals surface area (Å²) in [6.45, 7) is 18.2. The Hall–Kier alpha value is -1.09. The molecule has 0 aromatic rings. The van der Waals surface area contributed by atoms with Crippen LogP contribution in [0.5, 0.6) is 0 Å². The zero-order chi connectivity index (χ0) is 16.8. The third kappa shape index (κ3) is 9.46. The number of esters is 1. The first-order valence-corrected chi connectivity index (χ1v) is 12.4. The fourth-order valence-corrected chi connectivity index (χ4v) is 4.26. The van der Waals surface area contributed by atoms with Crippen molar-refractivity contribution in [3.05, 3.63) is 12.3 Å². The number of ether oxygens (including phenoxy) is 1. The van der Waals surface area contributed by atoms with E-state index in [1.165, 1.54) is 7.11 Å². The van der Waals surface area contributed by atoms with Gasteiger partial charge in [0.1, 0.15) is 5.76 Å². The van der Waals surface area contributed by atoms with Gasteiger partial charge in [-0.25, -0.2) is 4.79 Å². The highest BCUT2D eigenvalue weighted by Gasteiger charge is 2.26. The zero-order valence-corrected chi connectivity index (χ0v) is 16.5. The fourth-order valence-electron chi connectivity index (χ4n) is 1.62. The lowest BCUT2D eigenvalue weighted by molar-refractivity contribution is -0.132. The summed E-state index contributed by atoms with van der Waals surface area (Å²) >= 11 is 0. The second kappa shape index (κ2) is 7.79. The van der Waals surface area contributed by atoms with Crippen LogP contribution >= 0.6 is 0 Å². The molecule has 5 nitrogen and oxygen atoms in total. The molecule has 7 heteroatoms. The van der Waals surface area contributed by atoms with Crippen LogP contribution in [-0.2, 0) is 18.5 Å². The van der Waals surface area contributed by atoms with E-state index < -0.39 is 23.3 Å². The van der Waals surface area contributed by atoms with Crippen LogP contribution in [0.1, 0.15) is 20.8 Å². The summed E-state index contributed by atoms with van der Waals surface area (Å²) in [6, 6.07) is 0.914. The maximum atomic E-state index is 11.8.